The maximum atomic E-state index is 11.6. The Hall–Kier alpha value is -0.870. The van der Waals surface area contributed by atoms with E-state index in [1.807, 2.05) is 13.0 Å². The van der Waals surface area contributed by atoms with Gasteiger partial charge in [-0.1, -0.05) is 12.2 Å². The minimum Gasteiger partial charge on any atom is -0.463 e. The van der Waals surface area contributed by atoms with Gasteiger partial charge in [0, 0.05) is 6.61 Å². The summed E-state index contributed by atoms with van der Waals surface area (Å²) in [4.78, 5) is 11.6. The number of ether oxygens (including phenoxy) is 3. The highest BCUT2D eigenvalue weighted by molar-refractivity contribution is 5.72. The predicted octanol–water partition coefficient (Wildman–Crippen LogP) is 1.94. The van der Waals surface area contributed by atoms with Crippen molar-refractivity contribution in [2.45, 2.75) is 26.2 Å². The minimum absolute atomic E-state index is 0.0448. The van der Waals surface area contributed by atoms with Crippen LogP contribution in [-0.4, -0.2) is 39.0 Å². The summed E-state index contributed by atoms with van der Waals surface area (Å²) in [5.74, 6) is -0.0498. The smallest absolute Gasteiger partial charge is 0.309 e. The Kier molecular flexibility index (Phi) is 7.67. The maximum Gasteiger partial charge on any atom is 0.309 e. The van der Waals surface area contributed by atoms with Gasteiger partial charge in [0.05, 0.1) is 25.7 Å². The Balaban J connectivity index is 1.95. The molecule has 0 aromatic rings. The molecule has 0 heterocycles. The Morgan fingerprint density at radius 3 is 2.65 bits per heavy atom. The van der Waals surface area contributed by atoms with Gasteiger partial charge in [0.2, 0.25) is 0 Å². The van der Waals surface area contributed by atoms with E-state index in [1.165, 1.54) is 0 Å². The standard InChI is InChI=1S/C13H22O4/c1-2-15-8-9-16-10-11-17-13(14)12-6-4-3-5-7-12/h3-4,12H,2,5-11H2,1H3. The molecule has 0 saturated heterocycles. The van der Waals surface area contributed by atoms with Gasteiger partial charge in [-0.05, 0) is 26.2 Å². The van der Waals surface area contributed by atoms with Crippen LogP contribution < -0.4 is 0 Å². The van der Waals surface area contributed by atoms with Gasteiger partial charge in [-0.3, -0.25) is 4.79 Å². The number of rotatable bonds is 8. The van der Waals surface area contributed by atoms with Gasteiger partial charge in [-0.25, -0.2) is 0 Å². The molecule has 0 aliphatic heterocycles. The van der Waals surface area contributed by atoms with E-state index >= 15 is 0 Å². The summed E-state index contributed by atoms with van der Waals surface area (Å²) in [5.41, 5.74) is 0. The van der Waals surface area contributed by atoms with E-state index in [0.29, 0.717) is 33.0 Å². The van der Waals surface area contributed by atoms with Crippen molar-refractivity contribution in [2.24, 2.45) is 5.92 Å². The average molecular weight is 242 g/mol. The van der Waals surface area contributed by atoms with Crippen LogP contribution in [0, 0.1) is 5.92 Å². The first-order valence-corrected chi connectivity index (χ1v) is 6.31. The number of hydrogen-bond acceptors (Lipinski definition) is 4. The van der Waals surface area contributed by atoms with E-state index in [4.69, 9.17) is 14.2 Å². The third-order valence-electron chi connectivity index (χ3n) is 2.65. The van der Waals surface area contributed by atoms with Crippen LogP contribution in [0.3, 0.4) is 0 Å². The van der Waals surface area contributed by atoms with Crippen LogP contribution in [-0.2, 0) is 19.0 Å². The molecule has 0 N–H and O–H groups in total. The molecule has 0 saturated carbocycles. The number of carbonyl (C=O) groups excluding carboxylic acids is 1. The molecule has 0 radical (unpaired) electrons. The molecule has 4 nitrogen and oxygen atoms in total. The van der Waals surface area contributed by atoms with Gasteiger partial charge in [0.1, 0.15) is 6.61 Å². The van der Waals surface area contributed by atoms with Crippen molar-refractivity contribution in [3.8, 4) is 0 Å². The molecule has 1 aliphatic rings. The van der Waals surface area contributed by atoms with Gasteiger partial charge in [-0.15, -0.1) is 0 Å². The van der Waals surface area contributed by atoms with Gasteiger partial charge in [0.25, 0.3) is 0 Å². The largest absolute Gasteiger partial charge is 0.463 e. The first kappa shape index (κ1) is 14.2. The van der Waals surface area contributed by atoms with E-state index in [2.05, 4.69) is 6.08 Å². The summed E-state index contributed by atoms with van der Waals surface area (Å²) in [7, 11) is 0. The van der Waals surface area contributed by atoms with Crippen molar-refractivity contribution in [3.05, 3.63) is 12.2 Å². The summed E-state index contributed by atoms with van der Waals surface area (Å²) >= 11 is 0. The molecule has 4 heteroatoms. The molecule has 1 aliphatic carbocycles. The minimum atomic E-state index is -0.0947. The van der Waals surface area contributed by atoms with E-state index in [0.717, 1.165) is 19.3 Å². The highest BCUT2D eigenvalue weighted by atomic mass is 16.6. The first-order chi connectivity index (χ1) is 8.34. The number of esters is 1. The number of carbonyl (C=O) groups is 1. The van der Waals surface area contributed by atoms with Crippen molar-refractivity contribution >= 4 is 5.97 Å². The topological polar surface area (TPSA) is 44.8 Å². The van der Waals surface area contributed by atoms with Crippen molar-refractivity contribution in [3.63, 3.8) is 0 Å². The van der Waals surface area contributed by atoms with E-state index < -0.39 is 0 Å². The third kappa shape index (κ3) is 6.44. The second kappa shape index (κ2) is 9.19. The molecule has 1 rings (SSSR count). The Labute approximate surface area is 103 Å². The molecule has 1 atom stereocenters. The van der Waals surface area contributed by atoms with Crippen LogP contribution in [0.1, 0.15) is 26.2 Å². The summed E-state index contributed by atoms with van der Waals surface area (Å²) < 4.78 is 15.5. The number of hydrogen-bond donors (Lipinski definition) is 0. The van der Waals surface area contributed by atoms with Crippen LogP contribution in [0.25, 0.3) is 0 Å². The third-order valence-corrected chi connectivity index (χ3v) is 2.65. The molecule has 1 unspecified atom stereocenters. The summed E-state index contributed by atoms with van der Waals surface area (Å²) in [6, 6.07) is 0. The molecule has 0 fully saturated rings. The molecule has 0 aromatic carbocycles. The molecular weight excluding hydrogens is 220 g/mol. The van der Waals surface area contributed by atoms with E-state index in [9.17, 15) is 4.79 Å². The lowest BCUT2D eigenvalue weighted by Crippen LogP contribution is -2.21. The van der Waals surface area contributed by atoms with E-state index in [1.54, 1.807) is 0 Å². The molecule has 0 spiro atoms. The summed E-state index contributed by atoms with van der Waals surface area (Å²) in [5, 5.41) is 0. The second-order valence-corrected chi connectivity index (χ2v) is 3.96. The monoisotopic (exact) mass is 242 g/mol. The van der Waals surface area contributed by atoms with Gasteiger partial charge >= 0.3 is 5.97 Å². The SMILES string of the molecule is CCOCCOCCOC(=O)C1CC=CCC1. The molecule has 0 amide bonds. The lowest BCUT2D eigenvalue weighted by Gasteiger charge is -2.16. The average Bonchev–Trinajstić information content (AvgIpc) is 2.38. The van der Waals surface area contributed by atoms with Crippen molar-refractivity contribution in [1.82, 2.24) is 0 Å². The van der Waals surface area contributed by atoms with Crippen LogP contribution in [0.5, 0.6) is 0 Å². The second-order valence-electron chi connectivity index (χ2n) is 3.96. The zero-order valence-corrected chi connectivity index (χ0v) is 10.5. The maximum absolute atomic E-state index is 11.6. The molecular formula is C13H22O4. The fourth-order valence-corrected chi connectivity index (χ4v) is 1.69. The van der Waals surface area contributed by atoms with Gasteiger partial charge < -0.3 is 14.2 Å². The van der Waals surface area contributed by atoms with Crippen LogP contribution in [0.2, 0.25) is 0 Å². The van der Waals surface area contributed by atoms with Crippen LogP contribution in [0.4, 0.5) is 0 Å². The first-order valence-electron chi connectivity index (χ1n) is 6.31. The fraction of sp³-hybridized carbons (Fsp3) is 0.769. The summed E-state index contributed by atoms with van der Waals surface area (Å²) in [6.45, 7) is 4.58. The zero-order valence-electron chi connectivity index (χ0n) is 10.5. The zero-order chi connectivity index (χ0) is 12.3. The van der Waals surface area contributed by atoms with Gasteiger partial charge in [-0.2, -0.15) is 0 Å². The highest BCUT2D eigenvalue weighted by Crippen LogP contribution is 2.19. The molecule has 0 aromatic heterocycles. The Bertz CT molecular complexity index is 238. The Morgan fingerprint density at radius 2 is 1.94 bits per heavy atom. The van der Waals surface area contributed by atoms with Gasteiger partial charge in [0.15, 0.2) is 0 Å². The number of allylic oxidation sites excluding steroid dienone is 2. The fourth-order valence-electron chi connectivity index (χ4n) is 1.69. The Morgan fingerprint density at radius 1 is 1.18 bits per heavy atom. The molecule has 17 heavy (non-hydrogen) atoms. The lowest BCUT2D eigenvalue weighted by atomic mass is 9.95. The van der Waals surface area contributed by atoms with Crippen molar-refractivity contribution in [1.29, 1.82) is 0 Å². The van der Waals surface area contributed by atoms with Crippen molar-refractivity contribution < 1.29 is 19.0 Å². The predicted molar refractivity (Wildman–Crippen MR) is 64.8 cm³/mol. The normalized spacial score (nSPS) is 19.2. The molecule has 0 bridgehead atoms. The summed E-state index contributed by atoms with van der Waals surface area (Å²) in [6.07, 6.45) is 6.85. The highest BCUT2D eigenvalue weighted by Gasteiger charge is 2.19. The van der Waals surface area contributed by atoms with Crippen LogP contribution >= 0.6 is 0 Å². The lowest BCUT2D eigenvalue weighted by molar-refractivity contribution is -0.150. The van der Waals surface area contributed by atoms with Crippen molar-refractivity contribution in [2.75, 3.05) is 33.0 Å². The quantitative estimate of drug-likeness (QED) is 0.371. The molecule has 98 valence electrons. The van der Waals surface area contributed by atoms with E-state index in [-0.39, 0.29) is 11.9 Å². The van der Waals surface area contributed by atoms with Crippen LogP contribution in [0.15, 0.2) is 12.2 Å².